The van der Waals surface area contributed by atoms with Crippen LogP contribution in [0.3, 0.4) is 0 Å². The van der Waals surface area contributed by atoms with Gasteiger partial charge in [-0.15, -0.1) is 0 Å². The van der Waals surface area contributed by atoms with E-state index in [9.17, 15) is 19.2 Å². The molecule has 2 heterocycles. The molecule has 2 aliphatic rings. The first-order valence-electron chi connectivity index (χ1n) is 10.7. The molecular weight excluding hydrogens is 411 g/mol. The van der Waals surface area contributed by atoms with Crippen LogP contribution >= 0.6 is 0 Å². The lowest BCUT2D eigenvalue weighted by Crippen LogP contribution is -2.49. The molecule has 1 amide bonds. The zero-order chi connectivity index (χ0) is 22.7. The average molecular weight is 436 g/mol. The van der Waals surface area contributed by atoms with Gasteiger partial charge in [0.1, 0.15) is 5.82 Å². The van der Waals surface area contributed by atoms with Crippen LogP contribution in [0.2, 0.25) is 0 Å². The van der Waals surface area contributed by atoms with Gasteiger partial charge in [-0.05, 0) is 43.3 Å². The smallest absolute Gasteiger partial charge is 0.256 e. The van der Waals surface area contributed by atoms with Crippen LogP contribution in [0.1, 0.15) is 33.2 Å². The van der Waals surface area contributed by atoms with Gasteiger partial charge in [0, 0.05) is 50.5 Å². The van der Waals surface area contributed by atoms with E-state index in [-0.39, 0.29) is 11.7 Å². The Labute approximate surface area is 186 Å². The van der Waals surface area contributed by atoms with E-state index in [4.69, 9.17) is 4.74 Å². The molecule has 8 heteroatoms. The van der Waals surface area contributed by atoms with Crippen molar-refractivity contribution in [1.82, 2.24) is 4.90 Å². The molecule has 2 fully saturated rings. The second-order valence-corrected chi connectivity index (χ2v) is 7.94. The number of amides is 1. The Balaban J connectivity index is 1.50. The van der Waals surface area contributed by atoms with Crippen molar-refractivity contribution < 1.29 is 18.7 Å². The Hall–Kier alpha value is -3.44. The maximum absolute atomic E-state index is 14.5. The number of benzene rings is 2. The Bertz CT molecular complexity index is 1070. The summed E-state index contributed by atoms with van der Waals surface area (Å²) in [6.07, 6.45) is 0. The first-order valence-corrected chi connectivity index (χ1v) is 10.7. The average Bonchev–Trinajstić information content (AvgIpc) is 2.83. The largest absolute Gasteiger partial charge is 0.378 e. The fraction of sp³-hybridized carbons (Fsp3) is 0.375. The number of hydrogen-bond acceptors (Lipinski definition) is 6. The highest BCUT2D eigenvalue weighted by atomic mass is 19.1. The molecule has 2 saturated heterocycles. The standard InChI is InChI=1S/C24H25FN4O3/c1-17(30)19-3-5-23(21(25)15-19)27-6-8-29(9-7-27)24(31)20-14-18(16-26)2-4-22(20)28-10-12-32-13-11-28/h2-5,14-15H,6-13H2,1H3. The number of rotatable bonds is 4. The van der Waals surface area contributed by atoms with Gasteiger partial charge in [-0.25, -0.2) is 4.39 Å². The zero-order valence-corrected chi connectivity index (χ0v) is 18.0. The van der Waals surface area contributed by atoms with Crippen molar-refractivity contribution in [2.75, 3.05) is 62.3 Å². The van der Waals surface area contributed by atoms with E-state index in [0.29, 0.717) is 74.9 Å². The van der Waals surface area contributed by atoms with Crippen molar-refractivity contribution in [3.63, 3.8) is 0 Å². The van der Waals surface area contributed by atoms with Crippen LogP contribution in [0.4, 0.5) is 15.8 Å². The SMILES string of the molecule is CC(=O)c1ccc(N2CCN(C(=O)c3cc(C#N)ccc3N3CCOCC3)CC2)c(F)c1. The van der Waals surface area contributed by atoms with Gasteiger partial charge in [0.25, 0.3) is 5.91 Å². The molecule has 0 aromatic heterocycles. The molecule has 0 atom stereocenters. The molecule has 0 spiro atoms. The normalized spacial score (nSPS) is 16.6. The number of anilines is 2. The Morgan fingerprint density at radius 3 is 2.22 bits per heavy atom. The number of nitrogens with zero attached hydrogens (tertiary/aromatic N) is 4. The van der Waals surface area contributed by atoms with Crippen LogP contribution in [-0.4, -0.2) is 69.1 Å². The van der Waals surface area contributed by atoms with Gasteiger partial charge < -0.3 is 19.4 Å². The van der Waals surface area contributed by atoms with E-state index < -0.39 is 5.82 Å². The molecule has 0 unspecified atom stereocenters. The molecule has 166 valence electrons. The summed E-state index contributed by atoms with van der Waals surface area (Å²) < 4.78 is 20.0. The van der Waals surface area contributed by atoms with Crippen LogP contribution in [0.15, 0.2) is 36.4 Å². The van der Waals surface area contributed by atoms with Gasteiger partial charge in [0.2, 0.25) is 0 Å². The van der Waals surface area contributed by atoms with Gasteiger partial charge in [0.15, 0.2) is 5.78 Å². The summed E-state index contributed by atoms with van der Waals surface area (Å²) in [5, 5.41) is 9.32. The Morgan fingerprint density at radius 2 is 1.59 bits per heavy atom. The molecule has 0 N–H and O–H groups in total. The summed E-state index contributed by atoms with van der Waals surface area (Å²) in [4.78, 5) is 30.6. The summed E-state index contributed by atoms with van der Waals surface area (Å²) >= 11 is 0. The molecule has 2 aromatic rings. The van der Waals surface area contributed by atoms with Crippen molar-refractivity contribution in [2.45, 2.75) is 6.92 Å². The molecular formula is C24H25FN4O3. The monoisotopic (exact) mass is 436 g/mol. The quantitative estimate of drug-likeness (QED) is 0.686. The van der Waals surface area contributed by atoms with Gasteiger partial charge in [-0.2, -0.15) is 5.26 Å². The molecule has 0 aliphatic carbocycles. The number of piperazine rings is 1. The van der Waals surface area contributed by atoms with Crippen molar-refractivity contribution in [1.29, 1.82) is 5.26 Å². The number of Topliss-reactive ketones (excluding diaryl/α,β-unsaturated/α-hetero) is 1. The topological polar surface area (TPSA) is 76.9 Å². The third-order valence-corrected chi connectivity index (χ3v) is 5.97. The number of nitriles is 1. The summed E-state index contributed by atoms with van der Waals surface area (Å²) in [5.41, 5.74) is 2.54. The minimum atomic E-state index is -0.436. The van der Waals surface area contributed by atoms with Crippen molar-refractivity contribution in [3.8, 4) is 6.07 Å². The fourth-order valence-corrected chi connectivity index (χ4v) is 4.16. The molecule has 7 nitrogen and oxygen atoms in total. The third-order valence-electron chi connectivity index (χ3n) is 5.97. The van der Waals surface area contributed by atoms with Crippen LogP contribution in [0.25, 0.3) is 0 Å². The van der Waals surface area contributed by atoms with Crippen molar-refractivity contribution in [2.24, 2.45) is 0 Å². The predicted molar refractivity (Wildman–Crippen MR) is 119 cm³/mol. The highest BCUT2D eigenvalue weighted by Crippen LogP contribution is 2.27. The molecule has 0 saturated carbocycles. The van der Waals surface area contributed by atoms with Gasteiger partial charge in [-0.3, -0.25) is 9.59 Å². The summed E-state index contributed by atoms with van der Waals surface area (Å²) in [6, 6.07) is 11.8. The predicted octanol–water partition coefficient (Wildman–Crippen LogP) is 2.70. The molecule has 32 heavy (non-hydrogen) atoms. The van der Waals surface area contributed by atoms with Gasteiger partial charge in [-0.1, -0.05) is 0 Å². The zero-order valence-electron chi connectivity index (χ0n) is 18.0. The minimum absolute atomic E-state index is 0.129. The maximum atomic E-state index is 14.5. The van der Waals surface area contributed by atoms with E-state index in [1.165, 1.54) is 13.0 Å². The Kier molecular flexibility index (Phi) is 6.37. The van der Waals surface area contributed by atoms with Gasteiger partial charge >= 0.3 is 0 Å². The number of carbonyl (C=O) groups excluding carboxylic acids is 2. The molecule has 4 rings (SSSR count). The number of carbonyl (C=O) groups is 2. The maximum Gasteiger partial charge on any atom is 0.256 e. The third kappa shape index (κ3) is 4.43. The lowest BCUT2D eigenvalue weighted by atomic mass is 10.1. The Morgan fingerprint density at radius 1 is 0.938 bits per heavy atom. The highest BCUT2D eigenvalue weighted by molar-refractivity contribution is 6.00. The lowest BCUT2D eigenvalue weighted by molar-refractivity contribution is 0.0745. The first kappa shape index (κ1) is 21.8. The van der Waals surface area contributed by atoms with E-state index in [1.54, 1.807) is 29.2 Å². The van der Waals surface area contributed by atoms with Crippen LogP contribution in [0.5, 0.6) is 0 Å². The lowest BCUT2D eigenvalue weighted by Gasteiger charge is -2.37. The molecule has 2 aliphatic heterocycles. The number of morpholine rings is 1. The van der Waals surface area contributed by atoms with Crippen LogP contribution in [0, 0.1) is 17.1 Å². The number of halogens is 1. The van der Waals surface area contributed by atoms with E-state index in [2.05, 4.69) is 11.0 Å². The number of ether oxygens (including phenoxy) is 1. The summed E-state index contributed by atoms with van der Waals surface area (Å²) in [6.45, 7) is 5.81. The second kappa shape index (κ2) is 9.37. The number of ketones is 1. The summed E-state index contributed by atoms with van der Waals surface area (Å²) in [7, 11) is 0. The van der Waals surface area contributed by atoms with E-state index in [0.717, 1.165) is 5.69 Å². The number of hydrogen-bond donors (Lipinski definition) is 0. The second-order valence-electron chi connectivity index (χ2n) is 7.94. The minimum Gasteiger partial charge on any atom is -0.378 e. The molecule has 2 aromatic carbocycles. The fourth-order valence-electron chi connectivity index (χ4n) is 4.16. The highest BCUT2D eigenvalue weighted by Gasteiger charge is 2.27. The van der Waals surface area contributed by atoms with E-state index in [1.807, 2.05) is 11.0 Å². The molecule has 0 bridgehead atoms. The van der Waals surface area contributed by atoms with Crippen LogP contribution in [-0.2, 0) is 4.74 Å². The van der Waals surface area contributed by atoms with E-state index >= 15 is 0 Å². The first-order chi connectivity index (χ1) is 15.5. The molecule has 0 radical (unpaired) electrons. The van der Waals surface area contributed by atoms with Crippen molar-refractivity contribution in [3.05, 3.63) is 58.9 Å². The van der Waals surface area contributed by atoms with Gasteiger partial charge in [0.05, 0.1) is 36.1 Å². The summed E-state index contributed by atoms with van der Waals surface area (Å²) in [5.74, 6) is -0.744. The van der Waals surface area contributed by atoms with Crippen LogP contribution < -0.4 is 9.80 Å². The van der Waals surface area contributed by atoms with Crippen molar-refractivity contribution >= 4 is 23.1 Å².